The number of nitriles is 1. The summed E-state index contributed by atoms with van der Waals surface area (Å²) in [5, 5.41) is 15.8. The highest BCUT2D eigenvalue weighted by atomic mass is 16.2. The number of pyridine rings is 1. The Balaban J connectivity index is 1.52. The van der Waals surface area contributed by atoms with Crippen LogP contribution in [0.3, 0.4) is 0 Å². The minimum absolute atomic E-state index is 0.0705. The zero-order valence-corrected chi connectivity index (χ0v) is 16.4. The van der Waals surface area contributed by atoms with E-state index in [-0.39, 0.29) is 31.1 Å². The normalized spacial score (nSPS) is 10.2. The van der Waals surface area contributed by atoms with Crippen LogP contribution in [0.2, 0.25) is 0 Å². The van der Waals surface area contributed by atoms with Crippen molar-refractivity contribution in [3.8, 4) is 11.9 Å². The van der Waals surface area contributed by atoms with E-state index in [1.165, 1.54) is 0 Å². The average Bonchev–Trinajstić information content (AvgIpc) is 3.32. The van der Waals surface area contributed by atoms with Gasteiger partial charge in [-0.2, -0.15) is 10.4 Å². The lowest BCUT2D eigenvalue weighted by Gasteiger charge is -2.21. The first kappa shape index (κ1) is 20.7. The van der Waals surface area contributed by atoms with E-state index in [1.807, 2.05) is 48.5 Å². The third-order valence-corrected chi connectivity index (χ3v) is 4.42. The molecule has 30 heavy (non-hydrogen) atoms. The molecule has 1 aromatic carbocycles. The van der Waals surface area contributed by atoms with Gasteiger partial charge < -0.3 is 10.2 Å². The van der Waals surface area contributed by atoms with Crippen molar-refractivity contribution in [3.05, 3.63) is 72.7 Å². The number of carbonyl (C=O) groups excluding carboxylic acids is 2. The topological polar surface area (TPSA) is 104 Å². The molecule has 152 valence electrons. The summed E-state index contributed by atoms with van der Waals surface area (Å²) < 4.78 is 1.64. The van der Waals surface area contributed by atoms with Crippen LogP contribution in [0.1, 0.15) is 24.8 Å². The number of amides is 2. The molecule has 0 fully saturated rings. The molecule has 0 unspecified atom stereocenters. The number of para-hydroxylation sites is 1. The summed E-state index contributed by atoms with van der Waals surface area (Å²) in [5.74, 6) is 0.267. The minimum atomic E-state index is -0.214. The second-order valence-electron chi connectivity index (χ2n) is 6.54. The predicted octanol–water partition coefficient (Wildman–Crippen LogP) is 2.61. The maximum Gasteiger partial charge on any atom is 0.227 e. The lowest BCUT2D eigenvalue weighted by molar-refractivity contribution is -0.125. The Hall–Kier alpha value is -3.99. The van der Waals surface area contributed by atoms with Gasteiger partial charge in [-0.15, -0.1) is 0 Å². The zero-order valence-electron chi connectivity index (χ0n) is 16.4. The van der Waals surface area contributed by atoms with Gasteiger partial charge in [0.25, 0.3) is 0 Å². The van der Waals surface area contributed by atoms with Crippen molar-refractivity contribution in [1.82, 2.24) is 20.1 Å². The Morgan fingerprint density at radius 2 is 1.93 bits per heavy atom. The molecular weight excluding hydrogens is 380 g/mol. The number of aromatic nitrogens is 3. The minimum Gasteiger partial charge on any atom is -0.352 e. The summed E-state index contributed by atoms with van der Waals surface area (Å²) in [4.78, 5) is 30.7. The molecule has 0 atom stereocenters. The number of nitrogens with one attached hydrogen (secondary N) is 1. The van der Waals surface area contributed by atoms with Crippen LogP contribution in [0.4, 0.5) is 5.69 Å². The third-order valence-electron chi connectivity index (χ3n) is 4.42. The molecule has 8 nitrogen and oxygen atoms in total. The second-order valence-corrected chi connectivity index (χ2v) is 6.54. The summed E-state index contributed by atoms with van der Waals surface area (Å²) in [6.07, 6.45) is 5.50. The van der Waals surface area contributed by atoms with E-state index in [0.717, 1.165) is 11.3 Å². The number of anilines is 1. The van der Waals surface area contributed by atoms with Crippen molar-refractivity contribution >= 4 is 17.5 Å². The number of carbonyl (C=O) groups is 2. The predicted molar refractivity (Wildman–Crippen MR) is 111 cm³/mol. The SMILES string of the molecule is N#CCCN(C(=O)CCC(=O)NCc1ccnc(-n2cccn2)c1)c1ccccc1. The maximum atomic E-state index is 12.6. The average molecular weight is 402 g/mol. The van der Waals surface area contributed by atoms with Crippen LogP contribution in [0.15, 0.2) is 67.1 Å². The maximum absolute atomic E-state index is 12.6. The molecule has 8 heteroatoms. The van der Waals surface area contributed by atoms with Gasteiger partial charge in [0.1, 0.15) is 0 Å². The van der Waals surface area contributed by atoms with Crippen molar-refractivity contribution in [3.63, 3.8) is 0 Å². The number of nitrogens with zero attached hydrogens (tertiary/aromatic N) is 5. The first-order valence-electron chi connectivity index (χ1n) is 9.61. The highest BCUT2D eigenvalue weighted by Gasteiger charge is 2.16. The van der Waals surface area contributed by atoms with E-state index in [4.69, 9.17) is 5.26 Å². The Kier molecular flexibility index (Phi) is 7.28. The van der Waals surface area contributed by atoms with Crippen molar-refractivity contribution in [2.75, 3.05) is 11.4 Å². The van der Waals surface area contributed by atoms with Gasteiger partial charge in [0, 0.05) is 50.2 Å². The molecule has 0 aliphatic heterocycles. The highest BCUT2D eigenvalue weighted by molar-refractivity contribution is 5.95. The monoisotopic (exact) mass is 402 g/mol. The van der Waals surface area contributed by atoms with E-state index < -0.39 is 0 Å². The van der Waals surface area contributed by atoms with Gasteiger partial charge in [-0.25, -0.2) is 9.67 Å². The van der Waals surface area contributed by atoms with Crippen LogP contribution in [0.25, 0.3) is 5.82 Å². The summed E-state index contributed by atoms with van der Waals surface area (Å²) in [5.41, 5.74) is 1.61. The fourth-order valence-electron chi connectivity index (χ4n) is 2.91. The number of hydrogen-bond acceptors (Lipinski definition) is 5. The van der Waals surface area contributed by atoms with Crippen LogP contribution in [-0.2, 0) is 16.1 Å². The number of rotatable bonds is 9. The van der Waals surface area contributed by atoms with Gasteiger partial charge in [0.15, 0.2) is 5.82 Å². The second kappa shape index (κ2) is 10.5. The molecule has 0 saturated carbocycles. The van der Waals surface area contributed by atoms with Gasteiger partial charge in [0.05, 0.1) is 12.5 Å². The standard InChI is InChI=1S/C22H22N6O2/c23-11-4-14-27(19-6-2-1-3-7-19)22(30)9-8-21(29)25-17-18-10-13-24-20(16-18)28-15-5-12-26-28/h1-3,5-7,10,12-13,15-16H,4,8-9,14,17H2,(H,25,29). The summed E-state index contributed by atoms with van der Waals surface area (Å²) in [6.45, 7) is 0.634. The van der Waals surface area contributed by atoms with E-state index >= 15 is 0 Å². The van der Waals surface area contributed by atoms with Crippen LogP contribution < -0.4 is 10.2 Å². The lowest BCUT2D eigenvalue weighted by Crippen LogP contribution is -2.33. The van der Waals surface area contributed by atoms with E-state index in [0.29, 0.717) is 18.9 Å². The Morgan fingerprint density at radius 3 is 2.67 bits per heavy atom. The van der Waals surface area contributed by atoms with Crippen molar-refractivity contribution in [2.45, 2.75) is 25.8 Å². The van der Waals surface area contributed by atoms with Crippen LogP contribution >= 0.6 is 0 Å². The van der Waals surface area contributed by atoms with Crippen LogP contribution in [0, 0.1) is 11.3 Å². The molecule has 3 rings (SSSR count). The molecule has 3 aromatic rings. The molecule has 0 aliphatic carbocycles. The number of benzene rings is 1. The Morgan fingerprint density at radius 1 is 1.10 bits per heavy atom. The molecule has 0 saturated heterocycles. The van der Waals surface area contributed by atoms with Crippen molar-refractivity contribution < 1.29 is 9.59 Å². The molecule has 2 heterocycles. The summed E-state index contributed by atoms with van der Waals surface area (Å²) in [6, 6.07) is 16.7. The van der Waals surface area contributed by atoms with E-state index in [9.17, 15) is 9.59 Å². The number of hydrogen-bond donors (Lipinski definition) is 1. The highest BCUT2D eigenvalue weighted by Crippen LogP contribution is 2.15. The zero-order chi connectivity index (χ0) is 21.2. The molecule has 2 amide bonds. The molecule has 2 aromatic heterocycles. The Bertz CT molecular complexity index is 1010. The van der Waals surface area contributed by atoms with Gasteiger partial charge in [-0.05, 0) is 35.9 Å². The quantitative estimate of drug-likeness (QED) is 0.592. The molecule has 0 bridgehead atoms. The van der Waals surface area contributed by atoms with Crippen LogP contribution in [-0.4, -0.2) is 33.1 Å². The van der Waals surface area contributed by atoms with Gasteiger partial charge in [-0.3, -0.25) is 9.59 Å². The van der Waals surface area contributed by atoms with Gasteiger partial charge in [0.2, 0.25) is 11.8 Å². The molecule has 0 aliphatic rings. The van der Waals surface area contributed by atoms with E-state index in [1.54, 1.807) is 28.2 Å². The largest absolute Gasteiger partial charge is 0.352 e. The smallest absolute Gasteiger partial charge is 0.227 e. The fourth-order valence-corrected chi connectivity index (χ4v) is 2.91. The first-order valence-corrected chi connectivity index (χ1v) is 9.61. The molecule has 1 N–H and O–H groups in total. The van der Waals surface area contributed by atoms with E-state index in [2.05, 4.69) is 21.5 Å². The third kappa shape index (κ3) is 5.75. The van der Waals surface area contributed by atoms with Crippen LogP contribution in [0.5, 0.6) is 0 Å². The summed E-state index contributed by atoms with van der Waals surface area (Å²) in [7, 11) is 0. The van der Waals surface area contributed by atoms with Gasteiger partial charge in [-0.1, -0.05) is 18.2 Å². The van der Waals surface area contributed by atoms with Crippen molar-refractivity contribution in [1.29, 1.82) is 5.26 Å². The fraction of sp³-hybridized carbons (Fsp3) is 0.227. The Labute approximate surface area is 174 Å². The van der Waals surface area contributed by atoms with Gasteiger partial charge >= 0.3 is 0 Å². The lowest BCUT2D eigenvalue weighted by atomic mass is 10.2. The molecule has 0 spiro atoms. The molecule has 0 radical (unpaired) electrons. The van der Waals surface area contributed by atoms with Crippen molar-refractivity contribution in [2.24, 2.45) is 0 Å². The summed E-state index contributed by atoms with van der Waals surface area (Å²) >= 11 is 0. The molecular formula is C22H22N6O2. The first-order chi connectivity index (χ1) is 14.7.